The van der Waals surface area contributed by atoms with Crippen LogP contribution in [-0.4, -0.2) is 47.4 Å². The van der Waals surface area contributed by atoms with Crippen molar-refractivity contribution in [3.05, 3.63) is 60.8 Å². The Morgan fingerprint density at radius 1 is 0.341 bits per heavy atom. The molecule has 0 saturated heterocycles. The van der Waals surface area contributed by atoms with Crippen LogP contribution in [0.5, 0.6) is 0 Å². The standard InChI is InChI=1S/C76H141NO5/c1-3-5-7-9-11-13-15-17-18-38-42-46-50-54-58-62-66-70-76(81)82-71-67-63-59-55-51-47-43-40-37-35-33-31-29-27-25-23-21-19-20-22-24-26-28-30-32-34-36-39-41-45-49-53-57-61-65-69-75(80)77-73(72-78)74(79)68-64-60-56-52-48-44-16-14-12-10-8-6-4-2/h11,13,17-18,21,23,27,29,64,68,73-74,78-79H,3-10,12,14-16,19-20,22,24-26,28,30-63,65-67,69-72H2,1-2H3,(H,77,80)/b13-11-,18-17-,23-21-,29-27-,68-64+. The maximum atomic E-state index is 12.5. The lowest BCUT2D eigenvalue weighted by Gasteiger charge is -2.20. The Morgan fingerprint density at radius 3 is 0.951 bits per heavy atom. The van der Waals surface area contributed by atoms with E-state index in [-0.39, 0.29) is 18.5 Å². The first-order valence-electron chi connectivity index (χ1n) is 36.6. The predicted octanol–water partition coefficient (Wildman–Crippen LogP) is 23.8. The average molecular weight is 1150 g/mol. The van der Waals surface area contributed by atoms with E-state index in [9.17, 15) is 19.8 Å². The molecule has 2 unspecified atom stereocenters. The zero-order valence-electron chi connectivity index (χ0n) is 55.0. The minimum Gasteiger partial charge on any atom is -0.466 e. The van der Waals surface area contributed by atoms with Crippen LogP contribution < -0.4 is 5.32 Å². The molecule has 0 fully saturated rings. The summed E-state index contributed by atoms with van der Waals surface area (Å²) in [7, 11) is 0. The highest BCUT2D eigenvalue weighted by molar-refractivity contribution is 5.76. The molecular formula is C76H141NO5. The Morgan fingerprint density at radius 2 is 0.610 bits per heavy atom. The Kier molecular flexibility index (Phi) is 68.9. The van der Waals surface area contributed by atoms with Crippen LogP contribution in [-0.2, 0) is 14.3 Å². The van der Waals surface area contributed by atoms with Gasteiger partial charge in [-0.05, 0) is 96.3 Å². The lowest BCUT2D eigenvalue weighted by atomic mass is 10.0. The van der Waals surface area contributed by atoms with E-state index < -0.39 is 12.1 Å². The van der Waals surface area contributed by atoms with Crippen molar-refractivity contribution in [2.24, 2.45) is 0 Å². The Balaban J connectivity index is 3.38. The molecule has 480 valence electrons. The number of esters is 1. The van der Waals surface area contributed by atoms with Crippen molar-refractivity contribution in [2.75, 3.05) is 13.2 Å². The van der Waals surface area contributed by atoms with Gasteiger partial charge in [-0.3, -0.25) is 9.59 Å². The maximum Gasteiger partial charge on any atom is 0.305 e. The van der Waals surface area contributed by atoms with E-state index in [0.29, 0.717) is 19.4 Å². The minimum absolute atomic E-state index is 0.00866. The molecule has 0 aliphatic heterocycles. The summed E-state index contributed by atoms with van der Waals surface area (Å²) in [5.74, 6) is -0.0563. The molecule has 0 aromatic heterocycles. The summed E-state index contributed by atoms with van der Waals surface area (Å²) in [6.07, 6.45) is 94.6. The van der Waals surface area contributed by atoms with E-state index in [1.54, 1.807) is 6.08 Å². The van der Waals surface area contributed by atoms with Crippen LogP contribution in [0.25, 0.3) is 0 Å². The van der Waals surface area contributed by atoms with Crippen LogP contribution >= 0.6 is 0 Å². The Labute approximate surface area is 511 Å². The molecule has 82 heavy (non-hydrogen) atoms. The lowest BCUT2D eigenvalue weighted by Crippen LogP contribution is -2.45. The van der Waals surface area contributed by atoms with Gasteiger partial charge < -0.3 is 20.3 Å². The largest absolute Gasteiger partial charge is 0.466 e. The molecule has 0 aromatic carbocycles. The number of amides is 1. The molecule has 6 nitrogen and oxygen atoms in total. The van der Waals surface area contributed by atoms with Crippen LogP contribution in [0.15, 0.2) is 60.8 Å². The number of allylic oxidation sites excluding steroid dienone is 9. The highest BCUT2D eigenvalue weighted by atomic mass is 16.5. The molecule has 0 radical (unpaired) electrons. The van der Waals surface area contributed by atoms with E-state index in [1.807, 2.05) is 6.08 Å². The SMILES string of the molecule is CCCCC/C=C\C/C=C\CCCCCCCCCC(=O)OCCCCCCCCCCCCC/C=C\C/C=C\CCCCCCCCCCCCCCCCCCCC(=O)NC(CO)C(O)/C=C/CCCCCCCCCCCCC. The van der Waals surface area contributed by atoms with Crippen molar-refractivity contribution in [1.29, 1.82) is 0 Å². The van der Waals surface area contributed by atoms with E-state index >= 15 is 0 Å². The predicted molar refractivity (Wildman–Crippen MR) is 361 cm³/mol. The number of hydrogen-bond acceptors (Lipinski definition) is 5. The molecule has 0 heterocycles. The van der Waals surface area contributed by atoms with Crippen molar-refractivity contribution in [3.63, 3.8) is 0 Å². The number of unbranched alkanes of at least 4 members (excludes halogenated alkanes) is 49. The summed E-state index contributed by atoms with van der Waals surface area (Å²) < 4.78 is 5.50. The van der Waals surface area contributed by atoms with Gasteiger partial charge in [0.2, 0.25) is 5.91 Å². The highest BCUT2D eigenvalue weighted by Gasteiger charge is 2.18. The van der Waals surface area contributed by atoms with E-state index in [1.165, 1.54) is 302 Å². The number of hydrogen-bond donors (Lipinski definition) is 3. The van der Waals surface area contributed by atoms with Crippen molar-refractivity contribution < 1.29 is 24.5 Å². The topological polar surface area (TPSA) is 95.9 Å². The maximum absolute atomic E-state index is 12.5. The molecule has 3 N–H and O–H groups in total. The van der Waals surface area contributed by atoms with Gasteiger partial charge in [-0.1, -0.05) is 338 Å². The molecule has 1 amide bonds. The minimum atomic E-state index is -0.843. The molecule has 6 heteroatoms. The van der Waals surface area contributed by atoms with Gasteiger partial charge in [-0.25, -0.2) is 0 Å². The van der Waals surface area contributed by atoms with Crippen LogP contribution in [0, 0.1) is 0 Å². The smallest absolute Gasteiger partial charge is 0.305 e. The summed E-state index contributed by atoms with van der Waals surface area (Å²) in [5, 5.41) is 23.1. The van der Waals surface area contributed by atoms with Crippen LogP contribution in [0.4, 0.5) is 0 Å². The molecule has 0 bridgehead atoms. The summed E-state index contributed by atoms with van der Waals surface area (Å²) >= 11 is 0. The number of aliphatic hydroxyl groups is 2. The number of rotatable bonds is 68. The molecule has 0 aromatic rings. The van der Waals surface area contributed by atoms with E-state index in [2.05, 4.69) is 67.8 Å². The first kappa shape index (κ1) is 79.6. The van der Waals surface area contributed by atoms with Crippen LogP contribution in [0.3, 0.4) is 0 Å². The van der Waals surface area contributed by atoms with Gasteiger partial charge in [0, 0.05) is 12.8 Å². The number of nitrogens with one attached hydrogen (secondary N) is 1. The zero-order valence-corrected chi connectivity index (χ0v) is 55.0. The molecule has 2 atom stereocenters. The molecule has 0 rings (SSSR count). The van der Waals surface area contributed by atoms with E-state index in [4.69, 9.17) is 4.74 Å². The summed E-state index contributed by atoms with van der Waals surface area (Å²) in [6.45, 7) is 4.89. The lowest BCUT2D eigenvalue weighted by molar-refractivity contribution is -0.143. The van der Waals surface area contributed by atoms with Gasteiger partial charge in [0.1, 0.15) is 0 Å². The van der Waals surface area contributed by atoms with Gasteiger partial charge in [0.15, 0.2) is 0 Å². The van der Waals surface area contributed by atoms with Gasteiger partial charge in [-0.15, -0.1) is 0 Å². The summed E-state index contributed by atoms with van der Waals surface area (Å²) in [6, 6.07) is -0.626. The number of aliphatic hydroxyl groups excluding tert-OH is 2. The fraction of sp³-hybridized carbons (Fsp3) is 0.842. The fourth-order valence-electron chi connectivity index (χ4n) is 11.2. The molecular weight excluding hydrogens is 1010 g/mol. The first-order valence-corrected chi connectivity index (χ1v) is 36.6. The second-order valence-corrected chi connectivity index (χ2v) is 24.9. The van der Waals surface area contributed by atoms with Crippen molar-refractivity contribution in [1.82, 2.24) is 5.32 Å². The average Bonchev–Trinajstić information content (AvgIpc) is 3.48. The fourth-order valence-corrected chi connectivity index (χ4v) is 11.2. The summed E-state index contributed by atoms with van der Waals surface area (Å²) in [5.41, 5.74) is 0. The second-order valence-electron chi connectivity index (χ2n) is 24.9. The van der Waals surface area contributed by atoms with Gasteiger partial charge in [0.05, 0.1) is 25.4 Å². The van der Waals surface area contributed by atoms with Gasteiger partial charge in [0.25, 0.3) is 0 Å². The third kappa shape index (κ3) is 66.7. The van der Waals surface area contributed by atoms with E-state index in [0.717, 1.165) is 57.8 Å². The van der Waals surface area contributed by atoms with Crippen molar-refractivity contribution in [3.8, 4) is 0 Å². The first-order chi connectivity index (χ1) is 40.5. The van der Waals surface area contributed by atoms with Gasteiger partial charge >= 0.3 is 5.97 Å². The Hall–Kier alpha value is -2.44. The molecule has 0 spiro atoms. The zero-order chi connectivity index (χ0) is 59.2. The van der Waals surface area contributed by atoms with Gasteiger partial charge in [-0.2, -0.15) is 0 Å². The Bertz CT molecular complexity index is 1420. The van der Waals surface area contributed by atoms with Crippen molar-refractivity contribution >= 4 is 11.9 Å². The molecule has 0 aliphatic carbocycles. The normalized spacial score (nSPS) is 12.9. The number of ether oxygens (including phenoxy) is 1. The number of carbonyl (C=O) groups is 2. The third-order valence-electron chi connectivity index (χ3n) is 16.8. The molecule has 0 saturated carbocycles. The highest BCUT2D eigenvalue weighted by Crippen LogP contribution is 2.18. The third-order valence-corrected chi connectivity index (χ3v) is 16.8. The summed E-state index contributed by atoms with van der Waals surface area (Å²) in [4.78, 5) is 24.6. The molecule has 0 aliphatic rings. The monoisotopic (exact) mass is 1150 g/mol. The quantitative estimate of drug-likeness (QED) is 0.0320. The van der Waals surface area contributed by atoms with Crippen LogP contribution in [0.1, 0.15) is 386 Å². The second kappa shape index (κ2) is 71.0. The van der Waals surface area contributed by atoms with Crippen LogP contribution in [0.2, 0.25) is 0 Å². The van der Waals surface area contributed by atoms with Crippen molar-refractivity contribution in [2.45, 2.75) is 398 Å². The number of carbonyl (C=O) groups excluding carboxylic acids is 2.